The summed E-state index contributed by atoms with van der Waals surface area (Å²) in [6.45, 7) is 8.65. The highest BCUT2D eigenvalue weighted by Gasteiger charge is 2.42. The second kappa shape index (κ2) is 5.96. The minimum absolute atomic E-state index is 0.144. The van der Waals surface area contributed by atoms with Gasteiger partial charge in [-0.3, -0.25) is 4.90 Å². The molecular formula is C12H27N3O. The Labute approximate surface area is 99.7 Å². The summed E-state index contributed by atoms with van der Waals surface area (Å²) in [6.07, 6.45) is 1.16. The fourth-order valence-electron chi connectivity index (χ4n) is 2.55. The van der Waals surface area contributed by atoms with Gasteiger partial charge >= 0.3 is 0 Å². The Kier molecular flexibility index (Phi) is 5.18. The molecular weight excluding hydrogens is 202 g/mol. The van der Waals surface area contributed by atoms with Crippen molar-refractivity contribution in [1.29, 1.82) is 0 Å². The summed E-state index contributed by atoms with van der Waals surface area (Å²) in [5.41, 5.74) is 6.13. The summed E-state index contributed by atoms with van der Waals surface area (Å²) in [7, 11) is 4.34. The predicted octanol–water partition coefficient (Wildman–Crippen LogP) is 0.376. The number of nitrogens with two attached hydrogens (primary N) is 1. The topological polar surface area (TPSA) is 41.7 Å². The summed E-state index contributed by atoms with van der Waals surface area (Å²) < 4.78 is 5.41. The maximum Gasteiger partial charge on any atom is 0.0593 e. The van der Waals surface area contributed by atoms with Gasteiger partial charge in [-0.2, -0.15) is 0 Å². The second-order valence-electron chi connectivity index (χ2n) is 5.02. The van der Waals surface area contributed by atoms with E-state index in [-0.39, 0.29) is 5.54 Å². The van der Waals surface area contributed by atoms with Crippen molar-refractivity contribution in [2.75, 3.05) is 46.9 Å². The van der Waals surface area contributed by atoms with E-state index in [1.54, 1.807) is 0 Å². The van der Waals surface area contributed by atoms with E-state index >= 15 is 0 Å². The minimum atomic E-state index is 0.144. The van der Waals surface area contributed by atoms with E-state index in [1.165, 1.54) is 0 Å². The molecule has 4 nitrogen and oxygen atoms in total. The fraction of sp³-hybridized carbons (Fsp3) is 1.00. The normalized spacial score (nSPS) is 31.5. The van der Waals surface area contributed by atoms with Gasteiger partial charge in [0.1, 0.15) is 0 Å². The van der Waals surface area contributed by atoms with E-state index in [0.717, 1.165) is 39.3 Å². The fourth-order valence-corrected chi connectivity index (χ4v) is 2.55. The van der Waals surface area contributed by atoms with Crippen LogP contribution in [0.15, 0.2) is 0 Å². The lowest BCUT2D eigenvalue weighted by Gasteiger charge is -2.37. The van der Waals surface area contributed by atoms with E-state index in [4.69, 9.17) is 10.5 Å². The molecule has 0 aromatic heterocycles. The molecule has 0 saturated carbocycles. The van der Waals surface area contributed by atoms with E-state index in [9.17, 15) is 0 Å². The summed E-state index contributed by atoms with van der Waals surface area (Å²) in [6, 6.07) is 0.623. The van der Waals surface area contributed by atoms with Gasteiger partial charge in [0.15, 0.2) is 0 Å². The largest absolute Gasteiger partial charge is 0.380 e. The van der Waals surface area contributed by atoms with E-state index < -0.39 is 0 Å². The average Bonchev–Trinajstić information content (AvgIpc) is 2.56. The molecule has 1 aliphatic heterocycles. The number of hydrogen-bond donors (Lipinski definition) is 1. The van der Waals surface area contributed by atoms with Gasteiger partial charge in [0.25, 0.3) is 0 Å². The molecule has 1 fully saturated rings. The van der Waals surface area contributed by atoms with Gasteiger partial charge in [-0.15, -0.1) is 0 Å². The van der Waals surface area contributed by atoms with Gasteiger partial charge in [-0.1, -0.05) is 0 Å². The van der Waals surface area contributed by atoms with Crippen molar-refractivity contribution in [2.24, 2.45) is 5.73 Å². The third kappa shape index (κ3) is 2.94. The molecule has 2 N–H and O–H groups in total. The summed E-state index contributed by atoms with van der Waals surface area (Å²) in [5, 5.41) is 0. The van der Waals surface area contributed by atoms with Gasteiger partial charge in [0.2, 0.25) is 0 Å². The highest BCUT2D eigenvalue weighted by atomic mass is 16.5. The molecule has 0 aromatic rings. The van der Waals surface area contributed by atoms with Crippen molar-refractivity contribution in [2.45, 2.75) is 31.8 Å². The molecule has 16 heavy (non-hydrogen) atoms. The lowest BCUT2D eigenvalue weighted by Crippen LogP contribution is -2.54. The molecule has 0 bridgehead atoms. The first kappa shape index (κ1) is 13.9. The van der Waals surface area contributed by atoms with Crippen LogP contribution in [-0.4, -0.2) is 68.3 Å². The molecule has 0 spiro atoms. The number of ether oxygens (including phenoxy) is 1. The van der Waals surface area contributed by atoms with Gasteiger partial charge in [-0.05, 0) is 34.4 Å². The highest BCUT2D eigenvalue weighted by Crippen LogP contribution is 2.29. The number of nitrogens with zero attached hydrogens (tertiary/aromatic N) is 2. The molecule has 4 heteroatoms. The van der Waals surface area contributed by atoms with Crippen LogP contribution in [0.3, 0.4) is 0 Å². The Bertz CT molecular complexity index is 200. The van der Waals surface area contributed by atoms with Gasteiger partial charge in [0, 0.05) is 37.8 Å². The maximum absolute atomic E-state index is 5.99. The standard InChI is InChI=1S/C12H27N3O/c1-5-16-7-6-15(4)12(9-13)8-11(2)14(3)10-12/h11H,5-10,13H2,1-4H3. The lowest BCUT2D eigenvalue weighted by atomic mass is 9.94. The molecule has 96 valence electrons. The van der Waals surface area contributed by atoms with Crippen LogP contribution in [0.2, 0.25) is 0 Å². The zero-order valence-electron chi connectivity index (χ0n) is 11.2. The van der Waals surface area contributed by atoms with Gasteiger partial charge in [0.05, 0.1) is 6.61 Å². The number of hydrogen-bond acceptors (Lipinski definition) is 4. The monoisotopic (exact) mass is 229 g/mol. The van der Waals surface area contributed by atoms with Crippen molar-refractivity contribution in [3.05, 3.63) is 0 Å². The Morgan fingerprint density at radius 3 is 2.69 bits per heavy atom. The third-order valence-electron chi connectivity index (χ3n) is 3.94. The summed E-state index contributed by atoms with van der Waals surface area (Å²) in [5.74, 6) is 0. The first-order valence-corrected chi connectivity index (χ1v) is 6.25. The molecule has 0 radical (unpaired) electrons. The van der Waals surface area contributed by atoms with Crippen LogP contribution in [0.4, 0.5) is 0 Å². The molecule has 2 atom stereocenters. The van der Waals surface area contributed by atoms with Crippen LogP contribution < -0.4 is 5.73 Å². The van der Waals surface area contributed by atoms with E-state index in [0.29, 0.717) is 6.04 Å². The predicted molar refractivity (Wildman–Crippen MR) is 67.6 cm³/mol. The Morgan fingerprint density at radius 2 is 2.25 bits per heavy atom. The van der Waals surface area contributed by atoms with Crippen molar-refractivity contribution in [1.82, 2.24) is 9.80 Å². The Morgan fingerprint density at radius 1 is 1.56 bits per heavy atom. The minimum Gasteiger partial charge on any atom is -0.380 e. The van der Waals surface area contributed by atoms with Crippen LogP contribution in [-0.2, 0) is 4.74 Å². The smallest absolute Gasteiger partial charge is 0.0593 e. The summed E-state index contributed by atoms with van der Waals surface area (Å²) >= 11 is 0. The molecule has 1 heterocycles. The first-order valence-electron chi connectivity index (χ1n) is 6.25. The van der Waals surface area contributed by atoms with Crippen molar-refractivity contribution in [3.63, 3.8) is 0 Å². The number of rotatable bonds is 6. The molecule has 0 aromatic carbocycles. The SMILES string of the molecule is CCOCCN(C)C1(CN)CC(C)N(C)C1. The van der Waals surface area contributed by atoms with Crippen molar-refractivity contribution < 1.29 is 4.74 Å². The van der Waals surface area contributed by atoms with E-state index in [1.807, 2.05) is 6.92 Å². The Balaban J connectivity index is 2.52. The van der Waals surface area contributed by atoms with E-state index in [2.05, 4.69) is 30.8 Å². The zero-order chi connectivity index (χ0) is 12.2. The molecule has 0 amide bonds. The van der Waals surface area contributed by atoms with Crippen LogP contribution in [0.1, 0.15) is 20.3 Å². The molecule has 0 aliphatic carbocycles. The van der Waals surface area contributed by atoms with Gasteiger partial charge in [-0.25, -0.2) is 0 Å². The molecule has 1 rings (SSSR count). The molecule has 2 unspecified atom stereocenters. The summed E-state index contributed by atoms with van der Waals surface area (Å²) in [4.78, 5) is 4.77. The highest BCUT2D eigenvalue weighted by molar-refractivity contribution is 5.01. The quantitative estimate of drug-likeness (QED) is 0.669. The Hall–Kier alpha value is -0.160. The zero-order valence-corrected chi connectivity index (χ0v) is 11.2. The van der Waals surface area contributed by atoms with Crippen LogP contribution >= 0.6 is 0 Å². The molecule has 1 saturated heterocycles. The number of likely N-dealkylation sites (tertiary alicyclic amines) is 1. The average molecular weight is 229 g/mol. The van der Waals surface area contributed by atoms with Crippen molar-refractivity contribution >= 4 is 0 Å². The second-order valence-corrected chi connectivity index (χ2v) is 5.02. The maximum atomic E-state index is 5.99. The first-order chi connectivity index (χ1) is 7.55. The van der Waals surface area contributed by atoms with Crippen LogP contribution in [0, 0.1) is 0 Å². The van der Waals surface area contributed by atoms with Crippen molar-refractivity contribution in [3.8, 4) is 0 Å². The lowest BCUT2D eigenvalue weighted by molar-refractivity contribution is 0.0721. The molecule has 1 aliphatic rings. The van der Waals surface area contributed by atoms with Gasteiger partial charge < -0.3 is 15.4 Å². The number of likely N-dealkylation sites (N-methyl/N-ethyl adjacent to an activating group) is 2. The van der Waals surface area contributed by atoms with Crippen LogP contribution in [0.25, 0.3) is 0 Å². The van der Waals surface area contributed by atoms with Crippen LogP contribution in [0.5, 0.6) is 0 Å². The third-order valence-corrected chi connectivity index (χ3v) is 3.94.